The first-order valence-electron chi connectivity index (χ1n) is 5.47. The van der Waals surface area contributed by atoms with Gasteiger partial charge in [-0.2, -0.15) is 0 Å². The third kappa shape index (κ3) is 6.72. The van der Waals surface area contributed by atoms with Crippen LogP contribution in [0.3, 0.4) is 0 Å². The standard InChI is InChI=1S/C13H22N2/c1-5-8-12(11-15-9-6-2)10-13(7-3)14-4/h6-7,9-11,14H,5,8H2,1-4H3/b9-6-,12-10+,13-7+,15-11+. The van der Waals surface area contributed by atoms with E-state index in [4.69, 9.17) is 0 Å². The zero-order valence-corrected chi connectivity index (χ0v) is 10.2. The summed E-state index contributed by atoms with van der Waals surface area (Å²) in [5.41, 5.74) is 2.38. The molecule has 0 fully saturated rings. The highest BCUT2D eigenvalue weighted by Gasteiger charge is 1.93. The number of nitrogens with one attached hydrogen (secondary N) is 1. The van der Waals surface area contributed by atoms with Gasteiger partial charge >= 0.3 is 0 Å². The van der Waals surface area contributed by atoms with Crippen LogP contribution in [0.1, 0.15) is 33.6 Å². The first-order valence-corrected chi connectivity index (χ1v) is 5.47. The summed E-state index contributed by atoms with van der Waals surface area (Å²) in [7, 11) is 1.93. The molecule has 15 heavy (non-hydrogen) atoms. The van der Waals surface area contributed by atoms with Crippen molar-refractivity contribution in [3.8, 4) is 0 Å². The lowest BCUT2D eigenvalue weighted by Gasteiger charge is -2.02. The number of nitrogens with zero attached hydrogens (tertiary/aromatic N) is 1. The van der Waals surface area contributed by atoms with Gasteiger partial charge < -0.3 is 5.32 Å². The predicted octanol–water partition coefficient (Wildman–Crippen LogP) is 3.44. The maximum Gasteiger partial charge on any atom is 0.0300 e. The predicted molar refractivity (Wildman–Crippen MR) is 69.1 cm³/mol. The van der Waals surface area contributed by atoms with E-state index in [2.05, 4.69) is 29.4 Å². The Balaban J connectivity index is 4.63. The summed E-state index contributed by atoms with van der Waals surface area (Å²) in [6, 6.07) is 0. The van der Waals surface area contributed by atoms with E-state index in [9.17, 15) is 0 Å². The van der Waals surface area contributed by atoms with Crippen LogP contribution in [-0.4, -0.2) is 13.3 Å². The number of hydrogen-bond donors (Lipinski definition) is 1. The van der Waals surface area contributed by atoms with Crippen molar-refractivity contribution in [2.75, 3.05) is 7.05 Å². The van der Waals surface area contributed by atoms with E-state index in [0.29, 0.717) is 0 Å². The Morgan fingerprint density at radius 1 is 1.33 bits per heavy atom. The molecule has 0 rings (SSSR count). The zero-order chi connectivity index (χ0) is 11.5. The molecule has 0 bridgehead atoms. The lowest BCUT2D eigenvalue weighted by Crippen LogP contribution is -2.03. The second-order valence-corrected chi connectivity index (χ2v) is 3.22. The molecule has 0 saturated carbocycles. The summed E-state index contributed by atoms with van der Waals surface area (Å²) in [6.07, 6.45) is 12.0. The van der Waals surface area contributed by atoms with Crippen LogP contribution in [0.25, 0.3) is 0 Å². The van der Waals surface area contributed by atoms with Gasteiger partial charge in [0.05, 0.1) is 0 Å². The van der Waals surface area contributed by atoms with E-state index in [1.54, 1.807) is 6.20 Å². The van der Waals surface area contributed by atoms with Crippen molar-refractivity contribution < 1.29 is 0 Å². The average Bonchev–Trinajstić information content (AvgIpc) is 2.26. The first kappa shape index (κ1) is 13.7. The van der Waals surface area contributed by atoms with Crippen molar-refractivity contribution in [2.24, 2.45) is 4.99 Å². The summed E-state index contributed by atoms with van der Waals surface area (Å²) in [6.45, 7) is 6.16. The molecular formula is C13H22N2. The molecule has 0 aromatic heterocycles. The normalized spacial score (nSPS) is 14.1. The minimum absolute atomic E-state index is 1.06. The SMILES string of the molecule is C\C=C/N=C/C(=C/C(=C\C)NC)CCC. The van der Waals surface area contributed by atoms with Gasteiger partial charge in [0.2, 0.25) is 0 Å². The molecule has 0 spiro atoms. The number of rotatable bonds is 6. The summed E-state index contributed by atoms with van der Waals surface area (Å²) >= 11 is 0. The van der Waals surface area contributed by atoms with Gasteiger partial charge in [0.25, 0.3) is 0 Å². The molecule has 0 amide bonds. The minimum atomic E-state index is 1.06. The van der Waals surface area contributed by atoms with Gasteiger partial charge in [0.15, 0.2) is 0 Å². The van der Waals surface area contributed by atoms with Crippen LogP contribution in [0.4, 0.5) is 0 Å². The number of aliphatic imine (C=N–C) groups is 1. The van der Waals surface area contributed by atoms with E-state index in [1.165, 1.54) is 5.57 Å². The molecule has 0 aliphatic carbocycles. The van der Waals surface area contributed by atoms with Crippen molar-refractivity contribution in [2.45, 2.75) is 33.6 Å². The second-order valence-electron chi connectivity index (χ2n) is 3.22. The van der Waals surface area contributed by atoms with E-state index in [1.807, 2.05) is 33.2 Å². The highest BCUT2D eigenvalue weighted by Crippen LogP contribution is 2.05. The van der Waals surface area contributed by atoms with Gasteiger partial charge in [-0.05, 0) is 31.9 Å². The number of likely N-dealkylation sites (N-methyl/N-ethyl adjacent to an activating group) is 1. The lowest BCUT2D eigenvalue weighted by molar-refractivity contribution is 0.930. The zero-order valence-electron chi connectivity index (χ0n) is 10.2. The molecule has 0 aliphatic heterocycles. The molecule has 2 heteroatoms. The number of allylic oxidation sites excluding steroid dienone is 4. The van der Waals surface area contributed by atoms with Crippen molar-refractivity contribution in [1.82, 2.24) is 5.32 Å². The van der Waals surface area contributed by atoms with E-state index < -0.39 is 0 Å². The highest BCUT2D eigenvalue weighted by molar-refractivity contribution is 5.79. The van der Waals surface area contributed by atoms with Gasteiger partial charge in [0.1, 0.15) is 0 Å². The van der Waals surface area contributed by atoms with Crippen molar-refractivity contribution in [1.29, 1.82) is 0 Å². The van der Waals surface area contributed by atoms with E-state index >= 15 is 0 Å². The van der Waals surface area contributed by atoms with Crippen LogP contribution in [0.5, 0.6) is 0 Å². The maximum absolute atomic E-state index is 4.20. The highest BCUT2D eigenvalue weighted by atomic mass is 14.8. The average molecular weight is 206 g/mol. The topological polar surface area (TPSA) is 24.4 Å². The van der Waals surface area contributed by atoms with Crippen LogP contribution in [0, 0.1) is 0 Å². The fourth-order valence-corrected chi connectivity index (χ4v) is 1.19. The Kier molecular flexibility index (Phi) is 8.44. The maximum atomic E-state index is 4.20. The first-order chi connectivity index (χ1) is 7.28. The summed E-state index contributed by atoms with van der Waals surface area (Å²) in [4.78, 5) is 4.20. The lowest BCUT2D eigenvalue weighted by atomic mass is 10.1. The van der Waals surface area contributed by atoms with Crippen molar-refractivity contribution >= 4 is 6.21 Å². The van der Waals surface area contributed by atoms with Crippen LogP contribution in [0.2, 0.25) is 0 Å². The van der Waals surface area contributed by atoms with Crippen LogP contribution in [-0.2, 0) is 0 Å². The fraction of sp³-hybridized carbons (Fsp3) is 0.462. The van der Waals surface area contributed by atoms with E-state index in [-0.39, 0.29) is 0 Å². The third-order valence-electron chi connectivity index (χ3n) is 1.95. The molecule has 2 nitrogen and oxygen atoms in total. The van der Waals surface area contributed by atoms with E-state index in [0.717, 1.165) is 18.5 Å². The molecule has 0 aliphatic rings. The quantitative estimate of drug-likeness (QED) is 0.522. The largest absolute Gasteiger partial charge is 0.388 e. The molecule has 0 heterocycles. The van der Waals surface area contributed by atoms with Crippen molar-refractivity contribution in [3.05, 3.63) is 35.7 Å². The van der Waals surface area contributed by atoms with Crippen molar-refractivity contribution in [3.63, 3.8) is 0 Å². The second kappa shape index (κ2) is 9.25. The van der Waals surface area contributed by atoms with Crippen LogP contribution in [0.15, 0.2) is 40.7 Å². The Hall–Kier alpha value is -1.31. The Labute approximate surface area is 93.5 Å². The molecule has 84 valence electrons. The number of hydrogen-bond acceptors (Lipinski definition) is 2. The molecule has 0 atom stereocenters. The Bertz CT molecular complexity index is 270. The molecule has 0 saturated heterocycles. The van der Waals surface area contributed by atoms with Gasteiger partial charge in [0, 0.05) is 25.2 Å². The molecule has 0 aromatic carbocycles. The van der Waals surface area contributed by atoms with Crippen LogP contribution >= 0.6 is 0 Å². The smallest absolute Gasteiger partial charge is 0.0300 e. The van der Waals surface area contributed by atoms with Gasteiger partial charge in [-0.1, -0.05) is 25.5 Å². The van der Waals surface area contributed by atoms with Crippen LogP contribution < -0.4 is 5.32 Å². The Morgan fingerprint density at radius 2 is 2.07 bits per heavy atom. The molecule has 0 aromatic rings. The van der Waals surface area contributed by atoms with Gasteiger partial charge in [-0.15, -0.1) is 0 Å². The molecular weight excluding hydrogens is 184 g/mol. The van der Waals surface area contributed by atoms with Gasteiger partial charge in [-0.3, -0.25) is 4.99 Å². The molecule has 0 unspecified atom stereocenters. The minimum Gasteiger partial charge on any atom is -0.388 e. The monoisotopic (exact) mass is 206 g/mol. The third-order valence-corrected chi connectivity index (χ3v) is 1.95. The summed E-state index contributed by atoms with van der Waals surface area (Å²) < 4.78 is 0. The molecule has 1 N–H and O–H groups in total. The fourth-order valence-electron chi connectivity index (χ4n) is 1.19. The van der Waals surface area contributed by atoms with Gasteiger partial charge in [-0.25, -0.2) is 0 Å². The summed E-state index contributed by atoms with van der Waals surface area (Å²) in [5, 5.41) is 3.14. The molecule has 0 radical (unpaired) electrons. The summed E-state index contributed by atoms with van der Waals surface area (Å²) in [5.74, 6) is 0. The Morgan fingerprint density at radius 3 is 2.53 bits per heavy atom.